The van der Waals surface area contributed by atoms with Crippen LogP contribution in [0, 0.1) is 0 Å². The summed E-state index contributed by atoms with van der Waals surface area (Å²) in [4.78, 5) is 12.2. The molecule has 0 aromatic heterocycles. The number of nitrogens with one attached hydrogen (secondary N) is 2. The molecule has 0 radical (unpaired) electrons. The highest BCUT2D eigenvalue weighted by Gasteiger charge is 2.14. The van der Waals surface area contributed by atoms with E-state index in [1.165, 1.54) is 17.7 Å². The Bertz CT molecular complexity index is 840. The molecule has 0 aliphatic carbocycles. The van der Waals surface area contributed by atoms with Gasteiger partial charge in [-0.1, -0.05) is 37.3 Å². The van der Waals surface area contributed by atoms with Crippen LogP contribution in [0.1, 0.15) is 24.5 Å². The molecular weight excluding hydrogens is 386 g/mol. The first-order valence-electron chi connectivity index (χ1n) is 8.62. The van der Waals surface area contributed by atoms with Crippen LogP contribution in [0.2, 0.25) is 0 Å². The van der Waals surface area contributed by atoms with Crippen molar-refractivity contribution in [2.45, 2.75) is 31.1 Å². The molecule has 2 aromatic rings. The maximum absolute atomic E-state index is 12.1. The lowest BCUT2D eigenvalue weighted by Gasteiger charge is -2.09. The summed E-state index contributed by atoms with van der Waals surface area (Å²) in [6.45, 7) is 2.48. The summed E-state index contributed by atoms with van der Waals surface area (Å²) in [6.07, 6.45) is 1.94. The van der Waals surface area contributed by atoms with Crippen molar-refractivity contribution >= 4 is 34.0 Å². The third-order valence-corrected chi connectivity index (χ3v) is 5.40. The smallest absolute Gasteiger partial charge is 0.240 e. The lowest BCUT2D eigenvalue weighted by Crippen LogP contribution is -2.29. The third kappa shape index (κ3) is 7.30. The van der Waals surface area contributed by atoms with Crippen LogP contribution < -0.4 is 15.8 Å². The Morgan fingerprint density at radius 3 is 2.37 bits per heavy atom. The predicted octanol–water partition coefficient (Wildman–Crippen LogP) is 2.48. The number of benzene rings is 2. The van der Waals surface area contributed by atoms with Gasteiger partial charge in [0.1, 0.15) is 0 Å². The zero-order valence-corrected chi connectivity index (χ0v) is 16.9. The highest BCUT2D eigenvalue weighted by molar-refractivity contribution is 7.89. The molecular formula is C19H26ClN3O3S. The van der Waals surface area contributed by atoms with E-state index in [4.69, 9.17) is 5.73 Å². The topological polar surface area (TPSA) is 101 Å². The molecule has 0 fully saturated rings. The fourth-order valence-electron chi connectivity index (χ4n) is 2.44. The minimum absolute atomic E-state index is 0. The van der Waals surface area contributed by atoms with Gasteiger partial charge in [-0.3, -0.25) is 4.79 Å². The van der Waals surface area contributed by atoms with Crippen LogP contribution in [0.5, 0.6) is 0 Å². The van der Waals surface area contributed by atoms with Crippen LogP contribution in [0.3, 0.4) is 0 Å². The molecule has 6 nitrogen and oxygen atoms in total. The molecule has 27 heavy (non-hydrogen) atoms. The maximum atomic E-state index is 12.1. The molecule has 0 unspecified atom stereocenters. The first-order valence-corrected chi connectivity index (χ1v) is 10.1. The molecule has 0 bridgehead atoms. The van der Waals surface area contributed by atoms with Crippen molar-refractivity contribution in [3.8, 4) is 0 Å². The van der Waals surface area contributed by atoms with Gasteiger partial charge >= 0.3 is 0 Å². The van der Waals surface area contributed by atoms with Gasteiger partial charge in [0.05, 0.1) is 4.90 Å². The van der Waals surface area contributed by atoms with Crippen molar-refractivity contribution in [2.24, 2.45) is 5.73 Å². The van der Waals surface area contributed by atoms with E-state index in [1.807, 2.05) is 12.1 Å². The number of amides is 1. The standard InChI is InChI=1S/C19H25N3O3S.ClH/c1-2-15-6-8-16(9-7-15)10-11-19(23)22-17-4-3-5-18(14-17)26(24,25)21-13-12-20;/h3-9,14,21H,2,10-13,20H2,1H3,(H,22,23);1H. The third-order valence-electron chi connectivity index (χ3n) is 3.94. The first kappa shape index (κ1) is 23.1. The van der Waals surface area contributed by atoms with Gasteiger partial charge in [-0.2, -0.15) is 0 Å². The monoisotopic (exact) mass is 411 g/mol. The summed E-state index contributed by atoms with van der Waals surface area (Å²) in [5, 5.41) is 2.75. The van der Waals surface area contributed by atoms with Crippen LogP contribution >= 0.6 is 12.4 Å². The average Bonchev–Trinajstić information content (AvgIpc) is 2.65. The number of halogens is 1. The SMILES string of the molecule is CCc1ccc(CCC(=O)Nc2cccc(S(=O)(=O)NCCN)c2)cc1.Cl. The Labute approximate surface area is 167 Å². The second-order valence-electron chi connectivity index (χ2n) is 5.93. The maximum Gasteiger partial charge on any atom is 0.240 e. The Hall–Kier alpha value is -1.93. The molecule has 0 saturated carbocycles. The predicted molar refractivity (Wildman–Crippen MR) is 111 cm³/mol. The first-order chi connectivity index (χ1) is 12.4. The molecule has 1 amide bonds. The number of carbonyl (C=O) groups excluding carboxylic acids is 1. The quantitative estimate of drug-likeness (QED) is 0.589. The number of hydrogen-bond donors (Lipinski definition) is 3. The van der Waals surface area contributed by atoms with Crippen LogP contribution in [-0.4, -0.2) is 27.4 Å². The number of nitrogens with two attached hydrogens (primary N) is 1. The normalized spacial score (nSPS) is 10.9. The number of hydrogen-bond acceptors (Lipinski definition) is 4. The van der Waals surface area contributed by atoms with Gasteiger partial charge in [0.15, 0.2) is 0 Å². The Morgan fingerprint density at radius 1 is 1.07 bits per heavy atom. The average molecular weight is 412 g/mol. The zero-order valence-electron chi connectivity index (χ0n) is 15.3. The Kier molecular flexibility index (Phi) is 9.45. The van der Waals surface area contributed by atoms with Crippen LogP contribution in [0.4, 0.5) is 5.69 Å². The van der Waals surface area contributed by atoms with E-state index in [1.54, 1.807) is 12.1 Å². The van der Waals surface area contributed by atoms with Crippen molar-refractivity contribution < 1.29 is 13.2 Å². The summed E-state index contributed by atoms with van der Waals surface area (Å²) in [6, 6.07) is 14.4. The van der Waals surface area contributed by atoms with Gasteiger partial charge in [-0.25, -0.2) is 13.1 Å². The molecule has 0 saturated heterocycles. The van der Waals surface area contributed by atoms with E-state index in [0.717, 1.165) is 12.0 Å². The van der Waals surface area contributed by atoms with Crippen LogP contribution in [0.25, 0.3) is 0 Å². The van der Waals surface area contributed by atoms with E-state index in [2.05, 4.69) is 29.1 Å². The summed E-state index contributed by atoms with van der Waals surface area (Å²) < 4.78 is 26.6. The summed E-state index contributed by atoms with van der Waals surface area (Å²) >= 11 is 0. The van der Waals surface area contributed by atoms with Crippen molar-refractivity contribution in [3.63, 3.8) is 0 Å². The van der Waals surface area contributed by atoms with E-state index in [0.29, 0.717) is 18.5 Å². The van der Waals surface area contributed by atoms with Gasteiger partial charge in [0.25, 0.3) is 0 Å². The van der Waals surface area contributed by atoms with Crippen LogP contribution in [0.15, 0.2) is 53.4 Å². The highest BCUT2D eigenvalue weighted by atomic mass is 35.5. The number of carbonyl (C=O) groups is 1. The number of anilines is 1. The number of rotatable bonds is 9. The fraction of sp³-hybridized carbons (Fsp3) is 0.316. The molecule has 2 aromatic carbocycles. The molecule has 8 heteroatoms. The number of aryl methyl sites for hydroxylation is 2. The minimum Gasteiger partial charge on any atom is -0.329 e. The van der Waals surface area contributed by atoms with E-state index in [9.17, 15) is 13.2 Å². The fourth-order valence-corrected chi connectivity index (χ4v) is 3.53. The number of sulfonamides is 1. The molecule has 4 N–H and O–H groups in total. The second-order valence-corrected chi connectivity index (χ2v) is 7.70. The van der Waals surface area contributed by atoms with E-state index >= 15 is 0 Å². The van der Waals surface area contributed by atoms with E-state index in [-0.39, 0.29) is 36.3 Å². The molecule has 0 aliphatic heterocycles. The highest BCUT2D eigenvalue weighted by Crippen LogP contribution is 2.16. The molecule has 2 rings (SSSR count). The van der Waals surface area contributed by atoms with Crippen LogP contribution in [-0.2, 0) is 27.7 Å². The van der Waals surface area contributed by atoms with Gasteiger partial charge in [0, 0.05) is 25.2 Å². The molecule has 0 heterocycles. The lowest BCUT2D eigenvalue weighted by atomic mass is 10.1. The van der Waals surface area contributed by atoms with Gasteiger partial charge < -0.3 is 11.1 Å². The second kappa shape index (κ2) is 11.0. The largest absolute Gasteiger partial charge is 0.329 e. The Balaban J connectivity index is 0.00000364. The van der Waals surface area contributed by atoms with Gasteiger partial charge in [-0.05, 0) is 42.2 Å². The van der Waals surface area contributed by atoms with Gasteiger partial charge in [0.2, 0.25) is 15.9 Å². The summed E-state index contributed by atoms with van der Waals surface area (Å²) in [5.41, 5.74) is 8.13. The molecule has 0 spiro atoms. The molecule has 0 aliphatic rings. The van der Waals surface area contributed by atoms with Crippen molar-refractivity contribution in [3.05, 3.63) is 59.7 Å². The summed E-state index contributed by atoms with van der Waals surface area (Å²) in [5.74, 6) is -0.158. The van der Waals surface area contributed by atoms with E-state index < -0.39 is 10.0 Å². The summed E-state index contributed by atoms with van der Waals surface area (Å²) in [7, 11) is -3.62. The van der Waals surface area contributed by atoms with Gasteiger partial charge in [-0.15, -0.1) is 12.4 Å². The van der Waals surface area contributed by atoms with Crippen molar-refractivity contribution in [1.82, 2.24) is 4.72 Å². The van der Waals surface area contributed by atoms with Crippen molar-refractivity contribution in [1.29, 1.82) is 0 Å². The Morgan fingerprint density at radius 2 is 1.74 bits per heavy atom. The molecule has 0 atom stereocenters. The van der Waals surface area contributed by atoms with Crippen molar-refractivity contribution in [2.75, 3.05) is 18.4 Å². The lowest BCUT2D eigenvalue weighted by molar-refractivity contribution is -0.116. The zero-order chi connectivity index (χ0) is 19.0. The minimum atomic E-state index is -3.62. The molecule has 148 valence electrons.